The van der Waals surface area contributed by atoms with Crippen LogP contribution in [0.4, 0.5) is 0 Å². The Morgan fingerprint density at radius 3 is 2.72 bits per heavy atom. The maximum Gasteiger partial charge on any atom is 0.351 e. The number of aromatic nitrogens is 1. The number of thiazole rings is 1. The Balaban J connectivity index is 2.53. The number of hydrogen-bond acceptors (Lipinski definition) is 4. The third-order valence-electron chi connectivity index (χ3n) is 2.14. The second kappa shape index (κ2) is 5.45. The highest BCUT2D eigenvalue weighted by atomic mass is 35.5. The molecule has 1 aromatic carbocycles. The predicted molar refractivity (Wildman–Crippen MR) is 73.9 cm³/mol. The third-order valence-corrected chi connectivity index (χ3v) is 4.41. The van der Waals surface area contributed by atoms with Crippen molar-refractivity contribution in [1.29, 1.82) is 0 Å². The zero-order chi connectivity index (χ0) is 13.3. The van der Waals surface area contributed by atoms with Crippen LogP contribution in [0.15, 0.2) is 18.2 Å². The molecule has 7 heteroatoms. The first-order chi connectivity index (χ1) is 8.54. The normalized spacial score (nSPS) is 10.4. The molecule has 0 N–H and O–H groups in total. The summed E-state index contributed by atoms with van der Waals surface area (Å²) in [6, 6.07) is 5.17. The molecule has 0 fully saturated rings. The van der Waals surface area contributed by atoms with Crippen LogP contribution in [0.1, 0.15) is 9.67 Å². The van der Waals surface area contributed by atoms with E-state index in [1.165, 1.54) is 7.11 Å². The van der Waals surface area contributed by atoms with Crippen LogP contribution < -0.4 is 0 Å². The monoisotopic (exact) mass is 321 g/mol. The van der Waals surface area contributed by atoms with Crippen molar-refractivity contribution in [3.63, 3.8) is 0 Å². The first kappa shape index (κ1) is 13.6. The van der Waals surface area contributed by atoms with E-state index >= 15 is 0 Å². The molecule has 1 heterocycles. The summed E-state index contributed by atoms with van der Waals surface area (Å²) in [7, 11) is 1.28. The number of rotatable bonds is 2. The molecule has 3 nitrogen and oxygen atoms in total. The Hall–Kier alpha value is -0.810. The maximum atomic E-state index is 11.4. The second-order valence-electron chi connectivity index (χ2n) is 3.23. The van der Waals surface area contributed by atoms with Gasteiger partial charge in [0.05, 0.1) is 17.2 Å². The predicted octanol–water partition coefficient (Wildman–Crippen LogP) is 4.56. The Morgan fingerprint density at radius 1 is 1.33 bits per heavy atom. The lowest BCUT2D eigenvalue weighted by molar-refractivity contribution is 0.0606. The van der Waals surface area contributed by atoms with Gasteiger partial charge in [-0.25, -0.2) is 9.78 Å². The minimum Gasteiger partial charge on any atom is -0.465 e. The smallest absolute Gasteiger partial charge is 0.351 e. The minimum absolute atomic E-state index is 0.0953. The summed E-state index contributed by atoms with van der Waals surface area (Å²) in [5.74, 6) is -0.526. The van der Waals surface area contributed by atoms with E-state index < -0.39 is 5.97 Å². The summed E-state index contributed by atoms with van der Waals surface area (Å²) >= 11 is 19.0. The fraction of sp³-hybridized carbons (Fsp3) is 0.0909. The van der Waals surface area contributed by atoms with Gasteiger partial charge in [-0.3, -0.25) is 0 Å². The number of hydrogen-bond donors (Lipinski definition) is 0. The molecule has 18 heavy (non-hydrogen) atoms. The molecule has 1 aromatic heterocycles. The summed E-state index contributed by atoms with van der Waals surface area (Å²) in [6.45, 7) is 0. The van der Waals surface area contributed by atoms with Gasteiger partial charge in [0.1, 0.15) is 5.01 Å². The molecule has 0 aliphatic rings. The number of esters is 1. The van der Waals surface area contributed by atoms with Crippen LogP contribution in [-0.2, 0) is 4.74 Å². The summed E-state index contributed by atoms with van der Waals surface area (Å²) in [5, 5.41) is 1.41. The lowest BCUT2D eigenvalue weighted by Gasteiger charge is -2.01. The zero-order valence-electron chi connectivity index (χ0n) is 9.04. The van der Waals surface area contributed by atoms with Crippen LogP contribution >= 0.6 is 46.1 Å². The van der Waals surface area contributed by atoms with E-state index in [1.54, 1.807) is 18.2 Å². The van der Waals surface area contributed by atoms with Gasteiger partial charge in [-0.2, -0.15) is 0 Å². The standard InChI is InChI=1S/C11H6Cl3NO2S/c1-17-11(16)8-9(14)15-10(18-8)5-3-2-4-6(12)7(5)13/h2-4H,1H3. The second-order valence-corrected chi connectivity index (χ2v) is 5.37. The number of halogens is 3. The molecule has 2 rings (SSSR count). The molecule has 0 saturated heterocycles. The van der Waals surface area contributed by atoms with Crippen molar-refractivity contribution in [3.05, 3.63) is 38.3 Å². The number of carbonyl (C=O) groups excluding carboxylic acids is 1. The van der Waals surface area contributed by atoms with Gasteiger partial charge in [-0.15, -0.1) is 11.3 Å². The van der Waals surface area contributed by atoms with Crippen LogP contribution in [0.3, 0.4) is 0 Å². The first-order valence-corrected chi connectivity index (χ1v) is 6.68. The molecule has 0 saturated carbocycles. The Morgan fingerprint density at radius 2 is 2.06 bits per heavy atom. The van der Waals surface area contributed by atoms with Gasteiger partial charge in [0, 0.05) is 5.56 Å². The van der Waals surface area contributed by atoms with E-state index in [1.807, 2.05) is 0 Å². The van der Waals surface area contributed by atoms with E-state index in [0.29, 0.717) is 20.6 Å². The van der Waals surface area contributed by atoms with Crippen LogP contribution in [0.5, 0.6) is 0 Å². The largest absolute Gasteiger partial charge is 0.465 e. The number of nitrogens with zero attached hydrogens (tertiary/aromatic N) is 1. The van der Waals surface area contributed by atoms with Crippen LogP contribution in [-0.4, -0.2) is 18.1 Å². The van der Waals surface area contributed by atoms with Gasteiger partial charge in [0.2, 0.25) is 0 Å². The van der Waals surface area contributed by atoms with Crippen molar-refractivity contribution in [2.24, 2.45) is 0 Å². The number of ether oxygens (including phenoxy) is 1. The first-order valence-electron chi connectivity index (χ1n) is 4.73. The van der Waals surface area contributed by atoms with Crippen molar-refractivity contribution in [3.8, 4) is 10.6 Å². The lowest BCUT2D eigenvalue weighted by Crippen LogP contribution is -1.98. The quantitative estimate of drug-likeness (QED) is 0.761. The summed E-state index contributed by atoms with van der Waals surface area (Å²) < 4.78 is 4.61. The van der Waals surface area contributed by atoms with E-state index in [-0.39, 0.29) is 10.0 Å². The molecule has 0 radical (unpaired) electrons. The fourth-order valence-electron chi connectivity index (χ4n) is 1.30. The highest BCUT2D eigenvalue weighted by Crippen LogP contribution is 2.37. The molecular formula is C11H6Cl3NO2S. The number of benzene rings is 1. The average molecular weight is 323 g/mol. The Bertz CT molecular complexity index is 612. The molecule has 0 aliphatic heterocycles. The molecule has 0 bridgehead atoms. The van der Waals surface area contributed by atoms with Gasteiger partial charge >= 0.3 is 5.97 Å². The van der Waals surface area contributed by atoms with Gasteiger partial charge in [0.15, 0.2) is 10.0 Å². The van der Waals surface area contributed by atoms with Crippen molar-refractivity contribution >= 4 is 52.1 Å². The van der Waals surface area contributed by atoms with Crippen LogP contribution in [0.25, 0.3) is 10.6 Å². The van der Waals surface area contributed by atoms with E-state index in [0.717, 1.165) is 11.3 Å². The minimum atomic E-state index is -0.526. The number of carbonyl (C=O) groups is 1. The van der Waals surface area contributed by atoms with E-state index in [4.69, 9.17) is 34.8 Å². The van der Waals surface area contributed by atoms with Crippen LogP contribution in [0, 0.1) is 0 Å². The lowest BCUT2D eigenvalue weighted by atomic mass is 10.2. The average Bonchev–Trinajstić information content (AvgIpc) is 2.73. The van der Waals surface area contributed by atoms with E-state index in [2.05, 4.69) is 9.72 Å². The molecule has 0 amide bonds. The van der Waals surface area contributed by atoms with E-state index in [9.17, 15) is 4.79 Å². The SMILES string of the molecule is COC(=O)c1sc(-c2cccc(Cl)c2Cl)nc1Cl. The van der Waals surface area contributed by atoms with Crippen molar-refractivity contribution in [2.75, 3.05) is 7.11 Å². The fourth-order valence-corrected chi connectivity index (χ4v) is 2.98. The molecule has 0 aliphatic carbocycles. The summed E-state index contributed by atoms with van der Waals surface area (Å²) in [4.78, 5) is 15.8. The Labute approximate surface area is 122 Å². The summed E-state index contributed by atoms with van der Waals surface area (Å²) in [5.41, 5.74) is 0.631. The highest BCUT2D eigenvalue weighted by molar-refractivity contribution is 7.17. The Kier molecular flexibility index (Phi) is 4.12. The molecule has 0 atom stereocenters. The van der Waals surface area contributed by atoms with Gasteiger partial charge in [0.25, 0.3) is 0 Å². The molecule has 0 unspecified atom stereocenters. The zero-order valence-corrected chi connectivity index (χ0v) is 12.1. The molecule has 0 spiro atoms. The van der Waals surface area contributed by atoms with Gasteiger partial charge in [-0.05, 0) is 6.07 Å². The van der Waals surface area contributed by atoms with Crippen LogP contribution in [0.2, 0.25) is 15.2 Å². The molecular weight excluding hydrogens is 317 g/mol. The topological polar surface area (TPSA) is 39.2 Å². The highest BCUT2D eigenvalue weighted by Gasteiger charge is 2.19. The van der Waals surface area contributed by atoms with Crippen molar-refractivity contribution < 1.29 is 9.53 Å². The van der Waals surface area contributed by atoms with Gasteiger partial charge < -0.3 is 4.74 Å². The molecule has 2 aromatic rings. The van der Waals surface area contributed by atoms with Gasteiger partial charge in [-0.1, -0.05) is 46.9 Å². The third kappa shape index (κ3) is 2.47. The number of methoxy groups -OCH3 is 1. The maximum absolute atomic E-state index is 11.4. The molecule has 94 valence electrons. The van der Waals surface area contributed by atoms with Crippen molar-refractivity contribution in [1.82, 2.24) is 4.98 Å². The summed E-state index contributed by atoms with van der Waals surface area (Å²) in [6.07, 6.45) is 0. The van der Waals surface area contributed by atoms with Crippen molar-refractivity contribution in [2.45, 2.75) is 0 Å².